The number of fused-ring (bicyclic) bond motifs is 4. The van der Waals surface area contributed by atoms with E-state index in [0.29, 0.717) is 33.7 Å². The summed E-state index contributed by atoms with van der Waals surface area (Å²) < 4.78 is 20.3. The highest BCUT2D eigenvalue weighted by Crippen LogP contribution is 2.28. The van der Waals surface area contributed by atoms with E-state index in [-0.39, 0.29) is 30.6 Å². The van der Waals surface area contributed by atoms with Gasteiger partial charge < -0.3 is 13.9 Å². The first-order valence-electron chi connectivity index (χ1n) is 11.0. The van der Waals surface area contributed by atoms with Gasteiger partial charge in [0.25, 0.3) is 5.56 Å². The smallest absolute Gasteiger partial charge is 0.375 e. The van der Waals surface area contributed by atoms with Gasteiger partial charge in [-0.3, -0.25) is 13.8 Å². The van der Waals surface area contributed by atoms with Crippen molar-refractivity contribution in [1.82, 2.24) is 19.2 Å². The molecule has 0 aliphatic heterocycles. The molecule has 0 aliphatic carbocycles. The van der Waals surface area contributed by atoms with E-state index in [4.69, 9.17) is 13.9 Å². The van der Waals surface area contributed by atoms with E-state index in [1.54, 1.807) is 17.5 Å². The van der Waals surface area contributed by atoms with Crippen LogP contribution in [0.4, 0.5) is 0 Å². The third-order valence-corrected chi connectivity index (χ3v) is 5.72. The molecule has 0 atom stereocenters. The van der Waals surface area contributed by atoms with E-state index in [2.05, 4.69) is 10.2 Å². The number of hydrogen-bond acceptors (Lipinski definition) is 7. The quantitative estimate of drug-likeness (QED) is 0.354. The van der Waals surface area contributed by atoms with Crippen molar-refractivity contribution < 1.29 is 18.7 Å². The van der Waals surface area contributed by atoms with Crippen LogP contribution in [0.15, 0.2) is 51.7 Å². The van der Waals surface area contributed by atoms with Crippen LogP contribution in [0.1, 0.15) is 41.4 Å². The summed E-state index contributed by atoms with van der Waals surface area (Å²) in [6, 6.07) is 13.0. The minimum atomic E-state index is -0.625. The van der Waals surface area contributed by atoms with Crippen molar-refractivity contribution in [2.45, 2.75) is 40.1 Å². The average Bonchev–Trinajstić information content (AvgIpc) is 3.41. The van der Waals surface area contributed by atoms with Crippen LogP contribution in [0, 0.1) is 6.92 Å². The molecule has 9 heteroatoms. The number of aromatic nitrogens is 4. The monoisotopic (exact) mass is 460 g/mol. The number of benzene rings is 2. The highest BCUT2D eigenvalue weighted by molar-refractivity contribution is 5.96. The molecule has 3 heterocycles. The fourth-order valence-electron chi connectivity index (χ4n) is 4.00. The third kappa shape index (κ3) is 3.63. The molecule has 0 radical (unpaired) electrons. The number of rotatable bonds is 6. The molecule has 0 amide bonds. The molecule has 5 rings (SSSR count). The van der Waals surface area contributed by atoms with Gasteiger partial charge in [-0.15, -0.1) is 10.2 Å². The molecule has 0 N–H and O–H groups in total. The average molecular weight is 460 g/mol. The maximum atomic E-state index is 13.1. The number of esters is 1. The van der Waals surface area contributed by atoms with Gasteiger partial charge in [0.05, 0.1) is 23.6 Å². The summed E-state index contributed by atoms with van der Waals surface area (Å²) in [6.07, 6.45) is -0.0107. The number of carbonyl (C=O) groups is 1. The predicted molar refractivity (Wildman–Crippen MR) is 126 cm³/mol. The molecule has 0 saturated carbocycles. The fourth-order valence-corrected chi connectivity index (χ4v) is 4.00. The van der Waals surface area contributed by atoms with Crippen LogP contribution in [0.3, 0.4) is 0 Å². The third-order valence-electron chi connectivity index (χ3n) is 5.72. The van der Waals surface area contributed by atoms with Crippen LogP contribution in [0.5, 0.6) is 0 Å². The van der Waals surface area contributed by atoms with Gasteiger partial charge in [0.1, 0.15) is 5.58 Å². The molecule has 0 bridgehead atoms. The predicted octanol–water partition coefficient (Wildman–Crippen LogP) is 3.92. The summed E-state index contributed by atoms with van der Waals surface area (Å²) in [7, 11) is 1.64. The Hall–Kier alpha value is -3.98. The number of ether oxygens (including phenoxy) is 2. The Kier molecular flexibility index (Phi) is 5.41. The maximum Gasteiger partial charge on any atom is 0.375 e. The highest BCUT2D eigenvalue weighted by atomic mass is 16.5. The van der Waals surface area contributed by atoms with Crippen LogP contribution in [0.2, 0.25) is 0 Å². The van der Waals surface area contributed by atoms with Crippen LogP contribution in [0.25, 0.3) is 27.6 Å². The van der Waals surface area contributed by atoms with E-state index in [1.807, 2.05) is 57.2 Å². The van der Waals surface area contributed by atoms with Crippen LogP contribution < -0.4 is 5.56 Å². The van der Waals surface area contributed by atoms with E-state index in [9.17, 15) is 9.59 Å². The molecule has 174 valence electrons. The fraction of sp³-hybridized carbons (Fsp3) is 0.280. The van der Waals surface area contributed by atoms with Crippen molar-refractivity contribution >= 4 is 33.6 Å². The number of hydrogen-bond donors (Lipinski definition) is 0. The van der Waals surface area contributed by atoms with Crippen molar-refractivity contribution in [2.75, 3.05) is 0 Å². The molecule has 3 aromatic heterocycles. The van der Waals surface area contributed by atoms with E-state index in [1.165, 1.54) is 4.57 Å². The molecular weight excluding hydrogens is 436 g/mol. The number of nitrogens with zero attached hydrogens (tertiary/aromatic N) is 4. The van der Waals surface area contributed by atoms with Gasteiger partial charge in [0.2, 0.25) is 11.5 Å². The van der Waals surface area contributed by atoms with Crippen LogP contribution in [-0.4, -0.2) is 31.2 Å². The van der Waals surface area contributed by atoms with E-state index in [0.717, 1.165) is 10.9 Å². The molecule has 9 nitrogen and oxygen atoms in total. The number of furan rings is 1. The molecule has 5 aromatic rings. The zero-order valence-corrected chi connectivity index (χ0v) is 19.4. The molecule has 0 saturated heterocycles. The first-order chi connectivity index (χ1) is 16.3. The van der Waals surface area contributed by atoms with Crippen LogP contribution >= 0.6 is 0 Å². The standard InChI is InChI=1S/C25H24N4O5/c1-14(2)32-12-18-16-7-5-6-8-20(16)34-22(18)24(31)33-13-21-26-27-25-28(4)23(30)17-11-15(3)9-10-19(17)29(21)25/h5-11,14H,12-13H2,1-4H3. The summed E-state index contributed by atoms with van der Waals surface area (Å²) in [5.74, 6) is 0.231. The van der Waals surface area contributed by atoms with Gasteiger partial charge in [-0.1, -0.05) is 29.8 Å². The number of carbonyl (C=O) groups excluding carboxylic acids is 1. The molecule has 0 spiro atoms. The van der Waals surface area contributed by atoms with Crippen molar-refractivity contribution in [3.05, 3.63) is 75.5 Å². The Morgan fingerprint density at radius 1 is 1.09 bits per heavy atom. The Bertz CT molecular complexity index is 1610. The minimum absolute atomic E-state index is 0.0107. The summed E-state index contributed by atoms with van der Waals surface area (Å²) in [6.45, 7) is 5.85. The first-order valence-corrected chi connectivity index (χ1v) is 11.0. The maximum absolute atomic E-state index is 13.1. The van der Waals surface area contributed by atoms with Crippen molar-refractivity contribution in [2.24, 2.45) is 7.05 Å². The van der Waals surface area contributed by atoms with Gasteiger partial charge >= 0.3 is 5.97 Å². The second-order valence-corrected chi connectivity index (χ2v) is 8.48. The Labute approximate surface area is 194 Å². The topological polar surface area (TPSA) is 101 Å². The normalized spacial score (nSPS) is 11.8. The number of aryl methyl sites for hydroxylation is 2. The molecule has 0 fully saturated rings. The second kappa shape index (κ2) is 8.42. The SMILES string of the molecule is Cc1ccc2c(c1)c(=O)n(C)c1nnc(COC(=O)c3oc4ccccc4c3COC(C)C)n21. The Balaban J connectivity index is 1.51. The Morgan fingerprint density at radius 2 is 1.88 bits per heavy atom. The zero-order chi connectivity index (χ0) is 24.0. The lowest BCUT2D eigenvalue weighted by Crippen LogP contribution is -2.20. The van der Waals surface area contributed by atoms with Gasteiger partial charge in [-0.05, 0) is 39.0 Å². The lowest BCUT2D eigenvalue weighted by molar-refractivity contribution is 0.0402. The molecule has 2 aromatic carbocycles. The molecule has 0 aliphatic rings. The summed E-state index contributed by atoms with van der Waals surface area (Å²) in [5, 5.41) is 9.67. The first kappa shape index (κ1) is 21.8. The van der Waals surface area contributed by atoms with Gasteiger partial charge in [0, 0.05) is 18.0 Å². The summed E-state index contributed by atoms with van der Waals surface area (Å²) in [4.78, 5) is 25.8. The molecule has 34 heavy (non-hydrogen) atoms. The second-order valence-electron chi connectivity index (χ2n) is 8.48. The van der Waals surface area contributed by atoms with Crippen molar-refractivity contribution in [3.8, 4) is 0 Å². The molecule has 0 unspecified atom stereocenters. The van der Waals surface area contributed by atoms with Crippen molar-refractivity contribution in [3.63, 3.8) is 0 Å². The van der Waals surface area contributed by atoms with E-state index < -0.39 is 5.97 Å². The van der Waals surface area contributed by atoms with Gasteiger partial charge in [-0.25, -0.2) is 4.79 Å². The Morgan fingerprint density at radius 3 is 2.68 bits per heavy atom. The van der Waals surface area contributed by atoms with Crippen molar-refractivity contribution in [1.29, 1.82) is 0 Å². The lowest BCUT2D eigenvalue weighted by Gasteiger charge is -2.09. The van der Waals surface area contributed by atoms with Gasteiger partial charge in [0.15, 0.2) is 12.4 Å². The zero-order valence-electron chi connectivity index (χ0n) is 19.4. The van der Waals surface area contributed by atoms with Gasteiger partial charge in [-0.2, -0.15) is 0 Å². The number of para-hydroxylation sites is 1. The summed E-state index contributed by atoms with van der Waals surface area (Å²) in [5.41, 5.74) is 2.67. The summed E-state index contributed by atoms with van der Waals surface area (Å²) >= 11 is 0. The minimum Gasteiger partial charge on any atom is -0.452 e. The van der Waals surface area contributed by atoms with Crippen LogP contribution in [-0.2, 0) is 29.7 Å². The largest absolute Gasteiger partial charge is 0.452 e. The van der Waals surface area contributed by atoms with E-state index >= 15 is 0 Å². The highest BCUT2D eigenvalue weighted by Gasteiger charge is 2.23. The lowest BCUT2D eigenvalue weighted by atomic mass is 10.1. The molecular formula is C25H24N4O5.